The Morgan fingerprint density at radius 1 is 1.34 bits per heavy atom. The summed E-state index contributed by atoms with van der Waals surface area (Å²) in [6, 6.07) is 0. The molecule has 0 amide bonds. The number of ketones is 2. The van der Waals surface area contributed by atoms with Crippen LogP contribution in [0.5, 0.6) is 0 Å². The van der Waals surface area contributed by atoms with E-state index in [0.29, 0.717) is 18.4 Å². The Balaban J connectivity index is 1.74. The molecule has 0 aliphatic heterocycles. The molecule has 0 spiro atoms. The zero-order valence-electron chi connectivity index (χ0n) is 18.2. The standard InChI is InChI=1S/C22H30FO8P/c1-12-8-16-15-5-4-13-9-14(24)6-7-19(13,2)21(15,23)17(25)10-20(16,3)22(12,27)18(26)11-31-32(28,29)30/h6-7,9,12,15-17,25,27H,4-5,8,10-11H2,1-3H3,(H2,28,29,30)/p-2/t12-,15?,16+,17+,19+,20+,21+,22+/m1/s1. The summed E-state index contributed by atoms with van der Waals surface area (Å²) >= 11 is 0. The number of phosphoric acid groups is 1. The first kappa shape index (κ1) is 23.9. The average molecular weight is 470 g/mol. The summed E-state index contributed by atoms with van der Waals surface area (Å²) in [6.07, 6.45) is 3.54. The van der Waals surface area contributed by atoms with Crippen molar-refractivity contribution in [2.75, 3.05) is 6.61 Å². The number of Topliss-reactive ketones (excluding diaryl/α,β-unsaturated/α-hetero) is 1. The first-order valence-electron chi connectivity index (χ1n) is 10.8. The Kier molecular flexibility index (Phi) is 5.34. The maximum atomic E-state index is 17.0. The third-order valence-electron chi connectivity index (χ3n) is 9.00. The zero-order valence-corrected chi connectivity index (χ0v) is 19.1. The summed E-state index contributed by atoms with van der Waals surface area (Å²) in [4.78, 5) is 46.6. The number of halogens is 1. The van der Waals surface area contributed by atoms with Crippen LogP contribution in [-0.4, -0.2) is 45.8 Å². The lowest BCUT2D eigenvalue weighted by molar-refractivity contribution is -0.341. The van der Waals surface area contributed by atoms with Gasteiger partial charge in [0.25, 0.3) is 0 Å². The van der Waals surface area contributed by atoms with Gasteiger partial charge in [0.05, 0.1) is 13.9 Å². The monoisotopic (exact) mass is 470 g/mol. The number of hydrogen-bond acceptors (Lipinski definition) is 8. The number of aliphatic hydroxyl groups is 2. The van der Waals surface area contributed by atoms with E-state index in [9.17, 15) is 34.2 Å². The van der Waals surface area contributed by atoms with Gasteiger partial charge in [-0.1, -0.05) is 25.5 Å². The highest BCUT2D eigenvalue weighted by Crippen LogP contribution is 2.70. The van der Waals surface area contributed by atoms with Gasteiger partial charge in [-0.3, -0.25) is 9.59 Å². The molecule has 4 aliphatic carbocycles. The van der Waals surface area contributed by atoms with Crippen LogP contribution in [0.2, 0.25) is 0 Å². The van der Waals surface area contributed by atoms with Crippen LogP contribution in [0.4, 0.5) is 4.39 Å². The highest BCUT2D eigenvalue weighted by atomic mass is 31.2. The third kappa shape index (κ3) is 2.95. The molecule has 0 aromatic carbocycles. The fourth-order valence-corrected chi connectivity index (χ4v) is 7.66. The molecule has 3 fully saturated rings. The number of hydrogen-bond donors (Lipinski definition) is 2. The Morgan fingerprint density at radius 3 is 2.62 bits per heavy atom. The second kappa shape index (κ2) is 7.14. The molecule has 3 saturated carbocycles. The molecule has 2 N–H and O–H groups in total. The smallest absolute Gasteiger partial charge is 0.191 e. The van der Waals surface area contributed by atoms with Gasteiger partial charge >= 0.3 is 0 Å². The molecule has 0 aromatic heterocycles. The molecule has 0 aromatic rings. The number of carbonyl (C=O) groups is 2. The molecular weight excluding hydrogens is 442 g/mol. The minimum Gasteiger partial charge on any atom is -0.790 e. The van der Waals surface area contributed by atoms with Crippen molar-refractivity contribution < 1.29 is 43.1 Å². The Hall–Kier alpha value is -1.22. The highest BCUT2D eigenvalue weighted by Gasteiger charge is 2.75. The van der Waals surface area contributed by atoms with E-state index >= 15 is 4.39 Å². The zero-order chi connectivity index (χ0) is 23.9. The quantitative estimate of drug-likeness (QED) is 0.572. The molecule has 1 unspecified atom stereocenters. The van der Waals surface area contributed by atoms with Crippen LogP contribution in [0.3, 0.4) is 0 Å². The Labute approximate surface area is 185 Å². The summed E-state index contributed by atoms with van der Waals surface area (Å²) in [5, 5.41) is 22.8. The molecule has 0 saturated heterocycles. The van der Waals surface area contributed by atoms with Gasteiger partial charge < -0.3 is 29.1 Å². The second-order valence-electron chi connectivity index (χ2n) is 10.3. The van der Waals surface area contributed by atoms with E-state index in [1.807, 2.05) is 0 Å². The van der Waals surface area contributed by atoms with Crippen LogP contribution < -0.4 is 9.79 Å². The van der Waals surface area contributed by atoms with Crippen molar-refractivity contribution >= 4 is 19.4 Å². The van der Waals surface area contributed by atoms with Crippen molar-refractivity contribution in [3.05, 3.63) is 23.8 Å². The van der Waals surface area contributed by atoms with Crippen LogP contribution in [0.25, 0.3) is 0 Å². The molecule has 0 radical (unpaired) electrons. The number of allylic oxidation sites excluding steroid dienone is 4. The average Bonchev–Trinajstić information content (AvgIpc) is 2.89. The van der Waals surface area contributed by atoms with E-state index in [1.165, 1.54) is 18.2 Å². The van der Waals surface area contributed by atoms with Gasteiger partial charge in [-0.25, -0.2) is 4.39 Å². The molecule has 4 rings (SSSR count). The van der Waals surface area contributed by atoms with Crippen LogP contribution in [0.15, 0.2) is 23.8 Å². The number of fused-ring (bicyclic) bond motifs is 5. The maximum Gasteiger partial charge on any atom is 0.191 e. The molecular formula is C22H28FO8P-2. The number of rotatable bonds is 4. The fraction of sp³-hybridized carbons (Fsp3) is 0.727. The van der Waals surface area contributed by atoms with E-state index in [0.717, 1.165) is 0 Å². The van der Waals surface area contributed by atoms with Crippen molar-refractivity contribution in [2.24, 2.45) is 28.6 Å². The van der Waals surface area contributed by atoms with Gasteiger partial charge in [0, 0.05) is 16.7 Å². The first-order chi connectivity index (χ1) is 14.6. The fourth-order valence-electron chi connectivity index (χ4n) is 7.39. The van der Waals surface area contributed by atoms with Gasteiger partial charge in [-0.05, 0) is 56.6 Å². The summed E-state index contributed by atoms with van der Waals surface area (Å²) in [7, 11) is -5.43. The molecule has 10 heteroatoms. The topological polar surface area (TPSA) is 147 Å². The van der Waals surface area contributed by atoms with E-state index < -0.39 is 66.2 Å². The summed E-state index contributed by atoms with van der Waals surface area (Å²) in [5.41, 5.74) is -6.03. The van der Waals surface area contributed by atoms with Crippen LogP contribution in [0, 0.1) is 28.6 Å². The summed E-state index contributed by atoms with van der Waals surface area (Å²) in [6.45, 7) is 3.80. The van der Waals surface area contributed by atoms with Gasteiger partial charge in [0.15, 0.2) is 17.2 Å². The Bertz CT molecular complexity index is 973. The van der Waals surface area contributed by atoms with Crippen molar-refractivity contribution in [1.29, 1.82) is 0 Å². The van der Waals surface area contributed by atoms with E-state index in [-0.39, 0.29) is 18.6 Å². The van der Waals surface area contributed by atoms with Crippen molar-refractivity contribution in [3.8, 4) is 0 Å². The van der Waals surface area contributed by atoms with Crippen LogP contribution in [0.1, 0.15) is 46.5 Å². The number of aliphatic hydroxyl groups excluding tert-OH is 1. The number of phosphoric ester groups is 1. The summed E-state index contributed by atoms with van der Waals surface area (Å²) in [5.74, 6) is -3.06. The normalized spacial score (nSPS) is 48.0. The molecule has 8 atom stereocenters. The van der Waals surface area contributed by atoms with E-state index in [1.54, 1.807) is 20.8 Å². The molecule has 0 heterocycles. The SMILES string of the molecule is C[C@@H]1C[C@H]2C3CCC4=CC(=O)C=C[C@]4(C)[C@@]3(F)[C@@H](O)C[C@]2(C)[C@@]1(O)C(=O)COP(=O)([O-])[O-]. The van der Waals surface area contributed by atoms with E-state index in [4.69, 9.17) is 0 Å². The van der Waals surface area contributed by atoms with Crippen molar-refractivity contribution in [2.45, 2.75) is 63.8 Å². The van der Waals surface area contributed by atoms with Gasteiger partial charge in [-0.2, -0.15) is 0 Å². The third-order valence-corrected chi connectivity index (χ3v) is 9.45. The minimum absolute atomic E-state index is 0.224. The lowest BCUT2D eigenvalue weighted by Gasteiger charge is -2.62. The number of alkyl halides is 1. The second-order valence-corrected chi connectivity index (χ2v) is 11.5. The molecule has 32 heavy (non-hydrogen) atoms. The predicted octanol–water partition coefficient (Wildman–Crippen LogP) is 0.749. The molecule has 178 valence electrons. The molecule has 0 bridgehead atoms. The molecule has 8 nitrogen and oxygen atoms in total. The maximum absolute atomic E-state index is 17.0. The first-order valence-corrected chi connectivity index (χ1v) is 12.3. The highest BCUT2D eigenvalue weighted by molar-refractivity contribution is 7.43. The predicted molar refractivity (Wildman–Crippen MR) is 106 cm³/mol. The summed E-state index contributed by atoms with van der Waals surface area (Å²) < 4.78 is 32.0. The minimum atomic E-state index is -5.43. The van der Waals surface area contributed by atoms with Crippen molar-refractivity contribution in [1.82, 2.24) is 0 Å². The van der Waals surface area contributed by atoms with Crippen molar-refractivity contribution in [3.63, 3.8) is 0 Å². The lowest BCUT2D eigenvalue weighted by atomic mass is 9.44. The lowest BCUT2D eigenvalue weighted by Crippen LogP contribution is -2.69. The van der Waals surface area contributed by atoms with Crippen LogP contribution in [-0.2, 0) is 18.7 Å². The van der Waals surface area contributed by atoms with Gasteiger partial charge in [-0.15, -0.1) is 0 Å². The van der Waals surface area contributed by atoms with Gasteiger partial charge in [0.1, 0.15) is 12.2 Å². The van der Waals surface area contributed by atoms with E-state index in [2.05, 4.69) is 4.52 Å². The number of carbonyl (C=O) groups excluding carboxylic acids is 2. The van der Waals surface area contributed by atoms with Crippen LogP contribution >= 0.6 is 7.82 Å². The largest absolute Gasteiger partial charge is 0.790 e. The molecule has 4 aliphatic rings. The Morgan fingerprint density at radius 2 is 2.00 bits per heavy atom. The van der Waals surface area contributed by atoms with Gasteiger partial charge in [0.2, 0.25) is 0 Å².